The Balaban J connectivity index is 1.27. The summed E-state index contributed by atoms with van der Waals surface area (Å²) >= 11 is 0. The maximum absolute atomic E-state index is 12.9. The molecular formula is C22H27F3N6O. The summed E-state index contributed by atoms with van der Waals surface area (Å²) in [5.74, 6) is 0.0590. The summed E-state index contributed by atoms with van der Waals surface area (Å²) in [6.07, 6.45) is -1.75. The number of halogens is 3. The number of anilines is 2. The molecule has 1 N–H and O–H groups in total. The van der Waals surface area contributed by atoms with E-state index in [9.17, 15) is 18.0 Å². The zero-order chi connectivity index (χ0) is 22.6. The molecule has 1 unspecified atom stereocenters. The molecule has 7 nitrogen and oxygen atoms in total. The average Bonchev–Trinajstić information content (AvgIpc) is 2.80. The van der Waals surface area contributed by atoms with E-state index >= 15 is 0 Å². The molecular weight excluding hydrogens is 421 g/mol. The molecule has 32 heavy (non-hydrogen) atoms. The van der Waals surface area contributed by atoms with E-state index < -0.39 is 11.9 Å². The Hall–Kier alpha value is -2.88. The number of piperazine rings is 1. The second-order valence-corrected chi connectivity index (χ2v) is 8.19. The highest BCUT2D eigenvalue weighted by Crippen LogP contribution is 2.28. The molecule has 1 amide bonds. The lowest BCUT2D eigenvalue weighted by Crippen LogP contribution is -2.53. The second-order valence-electron chi connectivity index (χ2n) is 8.19. The van der Waals surface area contributed by atoms with Gasteiger partial charge in [0.1, 0.15) is 5.69 Å². The molecule has 172 valence electrons. The van der Waals surface area contributed by atoms with Crippen LogP contribution in [0.15, 0.2) is 42.6 Å². The molecule has 2 aliphatic heterocycles. The summed E-state index contributed by atoms with van der Waals surface area (Å²) in [4.78, 5) is 26.6. The van der Waals surface area contributed by atoms with Crippen molar-refractivity contribution in [1.29, 1.82) is 0 Å². The van der Waals surface area contributed by atoms with E-state index in [4.69, 9.17) is 0 Å². The molecule has 3 heterocycles. The van der Waals surface area contributed by atoms with Crippen molar-refractivity contribution >= 4 is 17.5 Å². The van der Waals surface area contributed by atoms with Gasteiger partial charge in [-0.15, -0.1) is 0 Å². The average molecular weight is 448 g/mol. The van der Waals surface area contributed by atoms with Crippen LogP contribution in [0.25, 0.3) is 0 Å². The fraction of sp³-hybridized carbons (Fsp3) is 0.500. The summed E-state index contributed by atoms with van der Waals surface area (Å²) in [6.45, 7) is 4.63. The van der Waals surface area contributed by atoms with E-state index in [-0.39, 0.29) is 17.9 Å². The van der Waals surface area contributed by atoms with Gasteiger partial charge in [0.2, 0.25) is 11.9 Å². The molecule has 2 fully saturated rings. The summed E-state index contributed by atoms with van der Waals surface area (Å²) < 4.78 is 38.6. The number of hydrogen-bond donors (Lipinski definition) is 1. The molecule has 1 atom stereocenters. The number of alkyl halides is 3. The van der Waals surface area contributed by atoms with Crippen LogP contribution in [0.5, 0.6) is 0 Å². The van der Waals surface area contributed by atoms with Crippen molar-refractivity contribution in [2.75, 3.05) is 56.0 Å². The molecule has 1 aromatic heterocycles. The molecule has 0 bridgehead atoms. The Morgan fingerprint density at radius 1 is 1.06 bits per heavy atom. The van der Waals surface area contributed by atoms with Crippen LogP contribution in [0.3, 0.4) is 0 Å². The van der Waals surface area contributed by atoms with Crippen molar-refractivity contribution in [2.24, 2.45) is 0 Å². The van der Waals surface area contributed by atoms with Gasteiger partial charge in [0.15, 0.2) is 0 Å². The predicted octanol–water partition coefficient (Wildman–Crippen LogP) is 2.72. The van der Waals surface area contributed by atoms with Crippen molar-refractivity contribution < 1.29 is 18.0 Å². The molecule has 0 radical (unpaired) electrons. The predicted molar refractivity (Wildman–Crippen MR) is 115 cm³/mol. The van der Waals surface area contributed by atoms with Gasteiger partial charge in [-0.3, -0.25) is 9.69 Å². The highest BCUT2D eigenvalue weighted by Gasteiger charge is 2.33. The normalized spacial score (nSPS) is 20.3. The van der Waals surface area contributed by atoms with Gasteiger partial charge >= 0.3 is 6.18 Å². The molecule has 0 aliphatic carbocycles. The van der Waals surface area contributed by atoms with Crippen LogP contribution in [0.4, 0.5) is 24.8 Å². The number of hydrogen-bond acceptors (Lipinski definition) is 6. The zero-order valence-corrected chi connectivity index (χ0v) is 17.8. The number of para-hydroxylation sites is 1. The van der Waals surface area contributed by atoms with E-state index in [1.54, 1.807) is 0 Å². The molecule has 1 aromatic carbocycles. The molecule has 0 spiro atoms. The number of carbonyl (C=O) groups is 1. The van der Waals surface area contributed by atoms with E-state index in [1.165, 1.54) is 5.69 Å². The van der Waals surface area contributed by atoms with E-state index in [1.807, 2.05) is 23.1 Å². The smallest absolute Gasteiger partial charge is 0.368 e. The largest absolute Gasteiger partial charge is 0.433 e. The summed E-state index contributed by atoms with van der Waals surface area (Å²) in [5, 5.41) is 3.00. The number of carbonyl (C=O) groups excluding carboxylic acids is 1. The third-order valence-electron chi connectivity index (χ3n) is 5.90. The molecule has 2 saturated heterocycles. The first kappa shape index (κ1) is 22.3. The van der Waals surface area contributed by atoms with Gasteiger partial charge in [-0.05, 0) is 37.6 Å². The van der Waals surface area contributed by atoms with Gasteiger partial charge in [0, 0.05) is 50.6 Å². The van der Waals surface area contributed by atoms with Crippen molar-refractivity contribution in [1.82, 2.24) is 19.8 Å². The van der Waals surface area contributed by atoms with Gasteiger partial charge in [-0.1, -0.05) is 18.2 Å². The summed E-state index contributed by atoms with van der Waals surface area (Å²) in [5.41, 5.74) is 0.203. The third-order valence-corrected chi connectivity index (χ3v) is 5.90. The fourth-order valence-corrected chi connectivity index (χ4v) is 4.23. The minimum Gasteiger partial charge on any atom is -0.368 e. The number of piperidine rings is 1. The minimum absolute atomic E-state index is 0.0324. The summed E-state index contributed by atoms with van der Waals surface area (Å²) in [7, 11) is 0. The molecule has 2 aromatic rings. The zero-order valence-electron chi connectivity index (χ0n) is 17.8. The lowest BCUT2D eigenvalue weighted by molar-refractivity contribution is -0.141. The Morgan fingerprint density at radius 3 is 2.53 bits per heavy atom. The van der Waals surface area contributed by atoms with Crippen molar-refractivity contribution in [3.63, 3.8) is 0 Å². The van der Waals surface area contributed by atoms with Crippen molar-refractivity contribution in [2.45, 2.75) is 25.1 Å². The number of benzene rings is 1. The van der Waals surface area contributed by atoms with Crippen LogP contribution in [-0.2, 0) is 11.0 Å². The second kappa shape index (κ2) is 9.72. The van der Waals surface area contributed by atoms with Gasteiger partial charge < -0.3 is 15.1 Å². The van der Waals surface area contributed by atoms with Crippen LogP contribution in [0.1, 0.15) is 18.5 Å². The number of amides is 1. The Kier molecular flexibility index (Phi) is 6.78. The highest BCUT2D eigenvalue weighted by molar-refractivity contribution is 5.78. The highest BCUT2D eigenvalue weighted by atomic mass is 19.4. The summed E-state index contributed by atoms with van der Waals surface area (Å²) in [6, 6.07) is 10.9. The van der Waals surface area contributed by atoms with Gasteiger partial charge in [0.25, 0.3) is 0 Å². The van der Waals surface area contributed by atoms with Gasteiger partial charge in [0.05, 0.1) is 6.54 Å². The maximum Gasteiger partial charge on any atom is 0.433 e. The van der Waals surface area contributed by atoms with E-state index in [2.05, 4.69) is 37.2 Å². The fourth-order valence-electron chi connectivity index (χ4n) is 4.23. The van der Waals surface area contributed by atoms with Crippen LogP contribution < -0.4 is 10.2 Å². The third kappa shape index (κ3) is 5.67. The van der Waals surface area contributed by atoms with E-state index in [0.29, 0.717) is 26.2 Å². The quantitative estimate of drug-likeness (QED) is 0.759. The number of rotatable bonds is 5. The Bertz CT molecular complexity index is 902. The monoisotopic (exact) mass is 448 g/mol. The number of nitrogens with one attached hydrogen (secondary N) is 1. The Labute approximate surface area is 185 Å². The SMILES string of the molecule is O=C(CN1CCCC(Nc2nccc(C(F)(F)F)n2)C1)N1CCN(c2ccccc2)CC1. The van der Waals surface area contributed by atoms with Crippen molar-refractivity contribution in [3.05, 3.63) is 48.3 Å². The van der Waals surface area contributed by atoms with Gasteiger partial charge in [-0.2, -0.15) is 13.2 Å². The standard InChI is InChI=1S/C22H27F3N6O/c23-22(24,25)19-8-9-26-21(28-19)27-17-5-4-10-29(15-17)16-20(32)31-13-11-30(12-14-31)18-6-2-1-3-7-18/h1-3,6-9,17H,4-5,10-16H2,(H,26,27,28). The number of aromatic nitrogens is 2. The molecule has 4 rings (SSSR count). The van der Waals surface area contributed by atoms with Crippen LogP contribution >= 0.6 is 0 Å². The maximum atomic E-state index is 12.9. The first-order chi connectivity index (χ1) is 15.4. The molecule has 10 heteroatoms. The van der Waals surface area contributed by atoms with Crippen LogP contribution in [0.2, 0.25) is 0 Å². The van der Waals surface area contributed by atoms with E-state index in [0.717, 1.165) is 44.7 Å². The lowest BCUT2D eigenvalue weighted by Gasteiger charge is -2.38. The van der Waals surface area contributed by atoms with Crippen molar-refractivity contribution in [3.8, 4) is 0 Å². The molecule has 0 saturated carbocycles. The first-order valence-electron chi connectivity index (χ1n) is 10.9. The topological polar surface area (TPSA) is 64.6 Å². The molecule has 2 aliphatic rings. The van der Waals surface area contributed by atoms with Crippen LogP contribution in [-0.4, -0.2) is 77.5 Å². The minimum atomic E-state index is -4.51. The van der Waals surface area contributed by atoms with Crippen LogP contribution in [0, 0.1) is 0 Å². The van der Waals surface area contributed by atoms with Gasteiger partial charge in [-0.25, -0.2) is 9.97 Å². The Morgan fingerprint density at radius 2 is 1.81 bits per heavy atom. The number of nitrogens with zero attached hydrogens (tertiary/aromatic N) is 5. The first-order valence-corrected chi connectivity index (χ1v) is 10.9. The number of likely N-dealkylation sites (tertiary alicyclic amines) is 1. The lowest BCUT2D eigenvalue weighted by atomic mass is 10.1.